The van der Waals surface area contributed by atoms with E-state index >= 15 is 0 Å². The van der Waals surface area contributed by atoms with Gasteiger partial charge >= 0.3 is 0 Å². The van der Waals surface area contributed by atoms with Gasteiger partial charge in [-0.05, 0) is 62.7 Å². The summed E-state index contributed by atoms with van der Waals surface area (Å²) in [6.07, 6.45) is 2.40. The molecule has 1 atom stereocenters. The molecule has 3 aromatic rings. The van der Waals surface area contributed by atoms with Gasteiger partial charge in [-0.15, -0.1) is 11.3 Å². The van der Waals surface area contributed by atoms with E-state index in [0.29, 0.717) is 24.3 Å². The summed E-state index contributed by atoms with van der Waals surface area (Å²) in [5.74, 6) is 2.12. The average molecular weight is 355 g/mol. The molecule has 25 heavy (non-hydrogen) atoms. The molecule has 1 aliphatic heterocycles. The van der Waals surface area contributed by atoms with Crippen LogP contribution in [0.3, 0.4) is 0 Å². The first-order valence-corrected chi connectivity index (χ1v) is 9.32. The fraction of sp³-hybridized carbons (Fsp3) is 0.368. The maximum atomic E-state index is 5.50. The van der Waals surface area contributed by atoms with Crippen molar-refractivity contribution >= 4 is 11.3 Å². The van der Waals surface area contributed by atoms with Crippen LogP contribution in [0.15, 0.2) is 40.9 Å². The van der Waals surface area contributed by atoms with Gasteiger partial charge in [0.15, 0.2) is 0 Å². The molecule has 1 unspecified atom stereocenters. The van der Waals surface area contributed by atoms with Crippen molar-refractivity contribution in [1.82, 2.24) is 15.0 Å². The second-order valence-corrected chi connectivity index (χ2v) is 7.64. The van der Waals surface area contributed by atoms with E-state index in [1.54, 1.807) is 7.11 Å². The number of benzene rings is 1. The Bertz CT molecular complexity index is 840. The number of likely N-dealkylation sites (tertiary alicyclic amines) is 1. The number of hydrogen-bond acceptors (Lipinski definition) is 6. The largest absolute Gasteiger partial charge is 0.497 e. The molecule has 1 aliphatic rings. The summed E-state index contributed by atoms with van der Waals surface area (Å²) in [4.78, 5) is 9.81. The summed E-state index contributed by atoms with van der Waals surface area (Å²) < 4.78 is 10.7. The van der Waals surface area contributed by atoms with Crippen molar-refractivity contribution in [2.24, 2.45) is 0 Å². The van der Waals surface area contributed by atoms with Crippen LogP contribution in [0.1, 0.15) is 34.5 Å². The lowest BCUT2D eigenvalue weighted by molar-refractivity contribution is 0.214. The maximum Gasteiger partial charge on any atom is 0.241 e. The predicted octanol–water partition coefficient (Wildman–Crippen LogP) is 4.45. The van der Waals surface area contributed by atoms with E-state index in [2.05, 4.69) is 34.1 Å². The number of rotatable bonds is 5. The third kappa shape index (κ3) is 3.45. The monoisotopic (exact) mass is 355 g/mol. The highest BCUT2D eigenvalue weighted by Gasteiger charge is 2.28. The highest BCUT2D eigenvalue weighted by atomic mass is 32.1. The van der Waals surface area contributed by atoms with Gasteiger partial charge in [-0.2, -0.15) is 4.98 Å². The normalized spacial score (nSPS) is 17.9. The second-order valence-electron chi connectivity index (χ2n) is 6.32. The lowest BCUT2D eigenvalue weighted by Gasteiger charge is -2.21. The Kier molecular flexibility index (Phi) is 4.55. The lowest BCUT2D eigenvalue weighted by Crippen LogP contribution is -2.22. The number of aromatic nitrogens is 2. The zero-order chi connectivity index (χ0) is 17.2. The smallest absolute Gasteiger partial charge is 0.241 e. The van der Waals surface area contributed by atoms with E-state index in [1.807, 2.05) is 35.6 Å². The standard InChI is InChI=1S/C19H21N3O2S/c1-13-5-10-17(25-13)16-4-3-11-22(16)12-18-20-19(21-24-18)14-6-8-15(23-2)9-7-14/h5-10,16H,3-4,11-12H2,1-2H3. The van der Waals surface area contributed by atoms with Gasteiger partial charge in [0.05, 0.1) is 13.7 Å². The summed E-state index contributed by atoms with van der Waals surface area (Å²) in [5.41, 5.74) is 0.933. The zero-order valence-corrected chi connectivity index (χ0v) is 15.3. The van der Waals surface area contributed by atoms with Gasteiger partial charge in [0.1, 0.15) is 5.75 Å². The molecule has 0 aliphatic carbocycles. The Labute approximate surface area is 151 Å². The molecule has 0 amide bonds. The van der Waals surface area contributed by atoms with E-state index < -0.39 is 0 Å². The minimum Gasteiger partial charge on any atom is -0.497 e. The Morgan fingerprint density at radius 2 is 2.08 bits per heavy atom. The second kappa shape index (κ2) is 6.98. The van der Waals surface area contributed by atoms with Crippen molar-refractivity contribution in [3.8, 4) is 17.1 Å². The lowest BCUT2D eigenvalue weighted by atomic mass is 10.2. The van der Waals surface area contributed by atoms with Crippen molar-refractivity contribution in [1.29, 1.82) is 0 Å². The van der Waals surface area contributed by atoms with Gasteiger partial charge in [0, 0.05) is 21.4 Å². The third-order valence-electron chi connectivity index (χ3n) is 4.61. The molecule has 2 aromatic heterocycles. The molecule has 5 nitrogen and oxygen atoms in total. The Balaban J connectivity index is 1.48. The molecular formula is C19H21N3O2S. The quantitative estimate of drug-likeness (QED) is 0.677. The minimum atomic E-state index is 0.468. The highest BCUT2D eigenvalue weighted by molar-refractivity contribution is 7.12. The highest BCUT2D eigenvalue weighted by Crippen LogP contribution is 2.36. The first-order chi connectivity index (χ1) is 12.2. The van der Waals surface area contributed by atoms with Crippen LogP contribution in [-0.2, 0) is 6.54 Å². The molecule has 1 saturated heterocycles. The number of thiophene rings is 1. The molecule has 0 radical (unpaired) electrons. The molecule has 0 bridgehead atoms. The van der Waals surface area contributed by atoms with Crippen molar-refractivity contribution in [3.63, 3.8) is 0 Å². The molecular weight excluding hydrogens is 334 g/mol. The SMILES string of the molecule is COc1ccc(-c2noc(CN3CCCC3c3ccc(C)s3)n2)cc1. The molecule has 0 saturated carbocycles. The Morgan fingerprint density at radius 3 is 2.80 bits per heavy atom. The van der Waals surface area contributed by atoms with E-state index in [1.165, 1.54) is 22.6 Å². The van der Waals surface area contributed by atoms with Crippen LogP contribution in [-0.4, -0.2) is 28.7 Å². The molecule has 0 N–H and O–H groups in total. The van der Waals surface area contributed by atoms with Crippen LogP contribution >= 0.6 is 11.3 Å². The van der Waals surface area contributed by atoms with Crippen LogP contribution in [0.5, 0.6) is 5.75 Å². The van der Waals surface area contributed by atoms with E-state index in [0.717, 1.165) is 17.9 Å². The third-order valence-corrected chi connectivity index (χ3v) is 5.71. The summed E-state index contributed by atoms with van der Waals surface area (Å²) in [6, 6.07) is 12.6. The number of hydrogen-bond donors (Lipinski definition) is 0. The number of nitrogens with zero attached hydrogens (tertiary/aromatic N) is 3. The summed E-state index contributed by atoms with van der Waals surface area (Å²) >= 11 is 1.88. The molecule has 3 heterocycles. The van der Waals surface area contributed by atoms with Gasteiger partial charge in [-0.1, -0.05) is 5.16 Å². The van der Waals surface area contributed by atoms with Crippen LogP contribution in [0.2, 0.25) is 0 Å². The molecule has 0 spiro atoms. The molecule has 1 fully saturated rings. The minimum absolute atomic E-state index is 0.468. The first-order valence-electron chi connectivity index (χ1n) is 8.50. The first kappa shape index (κ1) is 16.3. The van der Waals surface area contributed by atoms with Crippen molar-refractivity contribution < 1.29 is 9.26 Å². The summed E-state index contributed by atoms with van der Waals surface area (Å²) in [5, 5.41) is 4.13. The summed E-state index contributed by atoms with van der Waals surface area (Å²) in [6.45, 7) is 3.93. The molecule has 4 rings (SSSR count). The van der Waals surface area contributed by atoms with Gasteiger partial charge in [0.25, 0.3) is 0 Å². The maximum absolute atomic E-state index is 5.50. The van der Waals surface area contributed by atoms with Crippen LogP contribution < -0.4 is 4.74 Å². The number of methoxy groups -OCH3 is 1. The zero-order valence-electron chi connectivity index (χ0n) is 14.4. The van der Waals surface area contributed by atoms with E-state index in [9.17, 15) is 0 Å². The van der Waals surface area contributed by atoms with Crippen LogP contribution in [0.25, 0.3) is 11.4 Å². The molecule has 6 heteroatoms. The van der Waals surface area contributed by atoms with Gasteiger partial charge in [0.2, 0.25) is 11.7 Å². The number of aryl methyl sites for hydroxylation is 1. The van der Waals surface area contributed by atoms with Crippen LogP contribution in [0, 0.1) is 6.92 Å². The number of ether oxygens (including phenoxy) is 1. The van der Waals surface area contributed by atoms with Crippen molar-refractivity contribution in [3.05, 3.63) is 52.0 Å². The summed E-state index contributed by atoms with van der Waals surface area (Å²) in [7, 11) is 1.66. The van der Waals surface area contributed by atoms with Gasteiger partial charge in [-0.25, -0.2) is 0 Å². The molecule has 130 valence electrons. The van der Waals surface area contributed by atoms with E-state index in [4.69, 9.17) is 9.26 Å². The van der Waals surface area contributed by atoms with Gasteiger partial charge < -0.3 is 9.26 Å². The van der Waals surface area contributed by atoms with E-state index in [-0.39, 0.29) is 0 Å². The molecule has 1 aromatic carbocycles. The van der Waals surface area contributed by atoms with Crippen molar-refractivity contribution in [2.75, 3.05) is 13.7 Å². The van der Waals surface area contributed by atoms with Crippen molar-refractivity contribution in [2.45, 2.75) is 32.4 Å². The Morgan fingerprint density at radius 1 is 1.24 bits per heavy atom. The van der Waals surface area contributed by atoms with Gasteiger partial charge in [-0.3, -0.25) is 4.90 Å². The Hall–Kier alpha value is -2.18. The topological polar surface area (TPSA) is 51.4 Å². The van der Waals surface area contributed by atoms with Crippen LogP contribution in [0.4, 0.5) is 0 Å². The average Bonchev–Trinajstić information content (AvgIpc) is 3.36. The fourth-order valence-electron chi connectivity index (χ4n) is 3.32. The predicted molar refractivity (Wildman–Crippen MR) is 97.7 cm³/mol. The fourth-order valence-corrected chi connectivity index (χ4v) is 4.37.